The molecule has 5 nitrogen and oxygen atoms in total. The molecule has 1 aliphatic rings. The minimum Gasteiger partial charge on any atom is -0.497 e. The molecular weight excluding hydrogens is 562 g/mol. The fraction of sp³-hybridized carbons (Fsp3) is 0.267. The molecule has 0 bridgehead atoms. The fourth-order valence-electron chi connectivity index (χ4n) is 5.06. The molecule has 1 amide bonds. The highest BCUT2D eigenvalue weighted by molar-refractivity contribution is 5.95. The molecule has 5 rings (SSSR count). The molecule has 0 spiro atoms. The van der Waals surface area contributed by atoms with E-state index in [1.54, 1.807) is 11.1 Å². The SMILES string of the molecule is COc1cc(C(=O)N2CCN(Cc3cccnc3)C[C@H]2Cc2ccc3ccccc3c2)cc(C(F)(F)F)c1.Cl.Cl. The number of benzene rings is 3. The zero-order valence-electron chi connectivity index (χ0n) is 21.8. The van der Waals surface area contributed by atoms with Crippen molar-refractivity contribution in [1.29, 1.82) is 0 Å². The summed E-state index contributed by atoms with van der Waals surface area (Å²) in [6.07, 6.45) is -0.455. The molecule has 0 aliphatic carbocycles. The van der Waals surface area contributed by atoms with Crippen LogP contribution in [0.3, 0.4) is 0 Å². The average molecular weight is 592 g/mol. The maximum absolute atomic E-state index is 13.7. The predicted octanol–water partition coefficient (Wildman–Crippen LogP) is 6.68. The first-order chi connectivity index (χ1) is 18.3. The van der Waals surface area contributed by atoms with Crippen molar-refractivity contribution in [2.75, 3.05) is 26.7 Å². The normalized spacial score (nSPS) is 15.7. The van der Waals surface area contributed by atoms with Gasteiger partial charge in [-0.1, -0.05) is 48.5 Å². The number of halogens is 5. The second-order valence-corrected chi connectivity index (χ2v) is 9.58. The molecule has 1 aliphatic heterocycles. The van der Waals surface area contributed by atoms with Gasteiger partial charge in [0.25, 0.3) is 5.91 Å². The predicted molar refractivity (Wildman–Crippen MR) is 154 cm³/mol. The van der Waals surface area contributed by atoms with Crippen molar-refractivity contribution >= 4 is 41.5 Å². The summed E-state index contributed by atoms with van der Waals surface area (Å²) in [6.45, 7) is 2.27. The largest absolute Gasteiger partial charge is 0.497 e. The standard InChI is InChI=1S/C30H28F3N3O2.2ClH/c1-38-28-16-25(15-26(17-28)30(31,32)33)29(37)36-12-11-35(19-22-5-4-10-34-18-22)20-27(36)14-21-8-9-23-6-2-3-7-24(23)13-21;;/h2-10,13,15-18,27H,11-12,14,19-20H2,1H3;2*1H/t27-;;/m1../s1. The van der Waals surface area contributed by atoms with Crippen molar-refractivity contribution in [1.82, 2.24) is 14.8 Å². The van der Waals surface area contributed by atoms with Crippen LogP contribution in [0.2, 0.25) is 0 Å². The zero-order chi connectivity index (χ0) is 26.7. The van der Waals surface area contributed by atoms with Crippen LogP contribution in [-0.4, -0.2) is 53.5 Å². The number of pyridine rings is 1. The molecule has 3 aromatic carbocycles. The Morgan fingerprint density at radius 2 is 1.73 bits per heavy atom. The van der Waals surface area contributed by atoms with Crippen LogP contribution in [0.25, 0.3) is 10.8 Å². The third-order valence-electron chi connectivity index (χ3n) is 6.96. The van der Waals surface area contributed by atoms with E-state index in [0.29, 0.717) is 32.6 Å². The van der Waals surface area contributed by atoms with E-state index < -0.39 is 17.6 Å². The lowest BCUT2D eigenvalue weighted by Gasteiger charge is -2.42. The minimum absolute atomic E-state index is 0. The van der Waals surface area contributed by atoms with Crippen LogP contribution >= 0.6 is 24.8 Å². The number of amides is 1. The van der Waals surface area contributed by atoms with Crippen LogP contribution < -0.4 is 4.74 Å². The molecule has 2 heterocycles. The average Bonchev–Trinajstić information content (AvgIpc) is 2.92. The Morgan fingerprint density at radius 1 is 0.950 bits per heavy atom. The summed E-state index contributed by atoms with van der Waals surface area (Å²) in [6, 6.07) is 21.2. The van der Waals surface area contributed by atoms with Gasteiger partial charge in [-0.25, -0.2) is 0 Å². The number of methoxy groups -OCH3 is 1. The minimum atomic E-state index is -4.59. The molecule has 0 unspecified atom stereocenters. The highest BCUT2D eigenvalue weighted by atomic mass is 35.5. The van der Waals surface area contributed by atoms with E-state index >= 15 is 0 Å². The number of rotatable bonds is 6. The van der Waals surface area contributed by atoms with Crippen molar-refractivity contribution in [3.8, 4) is 5.75 Å². The van der Waals surface area contributed by atoms with Crippen LogP contribution in [0.5, 0.6) is 5.75 Å². The van der Waals surface area contributed by atoms with Crippen LogP contribution in [0.4, 0.5) is 13.2 Å². The van der Waals surface area contributed by atoms with Gasteiger partial charge in [0.2, 0.25) is 0 Å². The Bertz CT molecular complexity index is 1440. The number of piperazine rings is 1. The van der Waals surface area contributed by atoms with Gasteiger partial charge in [0, 0.05) is 50.2 Å². The maximum atomic E-state index is 13.7. The monoisotopic (exact) mass is 591 g/mol. The van der Waals surface area contributed by atoms with Gasteiger partial charge in [0.05, 0.1) is 12.7 Å². The number of alkyl halides is 3. The van der Waals surface area contributed by atoms with E-state index in [1.807, 2.05) is 42.6 Å². The summed E-state index contributed by atoms with van der Waals surface area (Å²) in [4.78, 5) is 21.9. The Morgan fingerprint density at radius 3 is 2.42 bits per heavy atom. The van der Waals surface area contributed by atoms with Crippen molar-refractivity contribution in [2.45, 2.75) is 25.2 Å². The van der Waals surface area contributed by atoms with Crippen LogP contribution in [0.1, 0.15) is 27.0 Å². The Balaban J connectivity index is 0.00000220. The Hall–Kier alpha value is -3.33. The molecule has 4 aromatic rings. The summed E-state index contributed by atoms with van der Waals surface area (Å²) >= 11 is 0. The van der Waals surface area contributed by atoms with Crippen LogP contribution in [-0.2, 0) is 19.1 Å². The molecule has 1 atom stereocenters. The molecular formula is C30H30Cl2F3N3O2. The lowest BCUT2D eigenvalue weighted by atomic mass is 9.98. The van der Waals surface area contributed by atoms with Crippen molar-refractivity contribution in [3.05, 3.63) is 107 Å². The van der Waals surface area contributed by atoms with Crippen LogP contribution in [0, 0.1) is 0 Å². The highest BCUT2D eigenvalue weighted by Gasteiger charge is 2.35. The van der Waals surface area contributed by atoms with Gasteiger partial charge < -0.3 is 9.64 Å². The number of hydrogen-bond acceptors (Lipinski definition) is 4. The van der Waals surface area contributed by atoms with Gasteiger partial charge in [-0.3, -0.25) is 14.7 Å². The fourth-order valence-corrected chi connectivity index (χ4v) is 5.06. The molecule has 0 radical (unpaired) electrons. The van der Waals surface area contributed by atoms with E-state index in [1.165, 1.54) is 13.2 Å². The molecule has 212 valence electrons. The molecule has 0 saturated carbocycles. The van der Waals surface area contributed by atoms with Gasteiger partial charge >= 0.3 is 6.18 Å². The van der Waals surface area contributed by atoms with E-state index in [2.05, 4.69) is 28.1 Å². The van der Waals surface area contributed by atoms with E-state index in [-0.39, 0.29) is 42.2 Å². The van der Waals surface area contributed by atoms with Crippen LogP contribution in [0.15, 0.2) is 85.2 Å². The third kappa shape index (κ3) is 7.24. The number of aromatic nitrogens is 1. The summed E-state index contributed by atoms with van der Waals surface area (Å²) in [5.74, 6) is -0.425. The van der Waals surface area contributed by atoms with Crippen molar-refractivity contribution < 1.29 is 22.7 Å². The summed E-state index contributed by atoms with van der Waals surface area (Å²) in [7, 11) is 1.30. The quantitative estimate of drug-likeness (QED) is 0.251. The lowest BCUT2D eigenvalue weighted by molar-refractivity contribution is -0.137. The summed E-state index contributed by atoms with van der Waals surface area (Å²) < 4.78 is 45.7. The van der Waals surface area contributed by atoms with Gasteiger partial charge in [-0.2, -0.15) is 13.2 Å². The van der Waals surface area contributed by atoms with Gasteiger partial charge in [0.1, 0.15) is 5.75 Å². The van der Waals surface area contributed by atoms with E-state index in [4.69, 9.17) is 4.74 Å². The first-order valence-corrected chi connectivity index (χ1v) is 12.5. The maximum Gasteiger partial charge on any atom is 0.416 e. The lowest BCUT2D eigenvalue weighted by Crippen LogP contribution is -2.55. The molecule has 1 saturated heterocycles. The number of nitrogens with zero attached hydrogens (tertiary/aromatic N) is 3. The van der Waals surface area contributed by atoms with Gasteiger partial charge in [-0.15, -0.1) is 24.8 Å². The first kappa shape index (κ1) is 31.2. The molecule has 1 aromatic heterocycles. The number of fused-ring (bicyclic) bond motifs is 1. The van der Waals surface area contributed by atoms with E-state index in [0.717, 1.165) is 34.0 Å². The molecule has 0 N–H and O–H groups in total. The first-order valence-electron chi connectivity index (χ1n) is 12.5. The second-order valence-electron chi connectivity index (χ2n) is 9.58. The molecule has 10 heteroatoms. The highest BCUT2D eigenvalue weighted by Crippen LogP contribution is 2.33. The third-order valence-corrected chi connectivity index (χ3v) is 6.96. The van der Waals surface area contributed by atoms with E-state index in [9.17, 15) is 18.0 Å². The van der Waals surface area contributed by atoms with Gasteiger partial charge in [0.15, 0.2) is 0 Å². The van der Waals surface area contributed by atoms with Crippen molar-refractivity contribution in [3.63, 3.8) is 0 Å². The number of carbonyl (C=O) groups is 1. The topological polar surface area (TPSA) is 45.7 Å². The summed E-state index contributed by atoms with van der Waals surface area (Å²) in [5, 5.41) is 2.23. The number of hydrogen-bond donors (Lipinski definition) is 0. The Kier molecular flexibility index (Phi) is 10.4. The number of carbonyl (C=O) groups excluding carboxylic acids is 1. The smallest absolute Gasteiger partial charge is 0.416 e. The zero-order valence-corrected chi connectivity index (χ0v) is 23.4. The second kappa shape index (κ2) is 13.4. The Labute approximate surface area is 243 Å². The molecule has 40 heavy (non-hydrogen) atoms. The molecule has 1 fully saturated rings. The summed E-state index contributed by atoms with van der Waals surface area (Å²) in [5.41, 5.74) is 1.21. The van der Waals surface area contributed by atoms with Crippen molar-refractivity contribution in [2.24, 2.45) is 0 Å². The van der Waals surface area contributed by atoms with Gasteiger partial charge in [-0.05, 0) is 52.6 Å². The number of ether oxygens (including phenoxy) is 1.